The third-order valence-corrected chi connectivity index (χ3v) is 2.31. The molecule has 0 bridgehead atoms. The maximum Gasteiger partial charge on any atom is 0.123 e. The number of rotatable bonds is 1. The van der Waals surface area contributed by atoms with Gasteiger partial charge in [-0.15, -0.1) is 0 Å². The van der Waals surface area contributed by atoms with Crippen molar-refractivity contribution in [2.24, 2.45) is 0 Å². The summed E-state index contributed by atoms with van der Waals surface area (Å²) in [4.78, 5) is 2.26. The molecule has 0 radical (unpaired) electrons. The van der Waals surface area contributed by atoms with E-state index in [9.17, 15) is 4.39 Å². The van der Waals surface area contributed by atoms with Gasteiger partial charge in [0.25, 0.3) is 0 Å². The van der Waals surface area contributed by atoms with Gasteiger partial charge < -0.3 is 10.2 Å². The van der Waals surface area contributed by atoms with Gasteiger partial charge in [-0.1, -0.05) is 34.1 Å². The second-order valence-corrected chi connectivity index (χ2v) is 3.92. The smallest absolute Gasteiger partial charge is 0.123 e. The topological polar surface area (TPSA) is 15.3 Å². The Labute approximate surface area is 111 Å². The van der Waals surface area contributed by atoms with Crippen LogP contribution >= 0.6 is 0 Å². The summed E-state index contributed by atoms with van der Waals surface area (Å²) in [5.41, 5.74) is 1.11. The normalized spacial score (nSPS) is 13.9. The first-order valence-corrected chi connectivity index (χ1v) is 6.99. The van der Waals surface area contributed by atoms with Gasteiger partial charge in [-0.2, -0.15) is 0 Å². The lowest BCUT2D eigenvalue weighted by Gasteiger charge is -2.29. The fourth-order valence-corrected chi connectivity index (χ4v) is 1.57. The van der Waals surface area contributed by atoms with Crippen LogP contribution in [0.3, 0.4) is 0 Å². The number of piperazine rings is 1. The Morgan fingerprint density at radius 3 is 1.94 bits per heavy atom. The zero-order chi connectivity index (χ0) is 13.8. The van der Waals surface area contributed by atoms with Gasteiger partial charge in [0, 0.05) is 31.9 Å². The maximum absolute atomic E-state index is 12.6. The summed E-state index contributed by atoms with van der Waals surface area (Å²) in [5, 5.41) is 3.28. The van der Waals surface area contributed by atoms with Crippen molar-refractivity contribution in [1.82, 2.24) is 5.32 Å². The minimum atomic E-state index is -0.168. The van der Waals surface area contributed by atoms with Crippen LogP contribution in [0, 0.1) is 5.82 Å². The quantitative estimate of drug-likeness (QED) is 0.822. The summed E-state index contributed by atoms with van der Waals surface area (Å²) in [7, 11) is 0. The van der Waals surface area contributed by atoms with E-state index in [0.29, 0.717) is 0 Å². The molecule has 2 rings (SSSR count). The number of anilines is 1. The Morgan fingerprint density at radius 1 is 1.06 bits per heavy atom. The molecule has 104 valence electrons. The van der Waals surface area contributed by atoms with Crippen LogP contribution in [0.5, 0.6) is 0 Å². The molecule has 18 heavy (non-hydrogen) atoms. The van der Waals surface area contributed by atoms with Gasteiger partial charge in [0.05, 0.1) is 0 Å². The SMILES string of the molecule is CC.CCC.Fc1ccc(N2CCNCC2)cc1. The molecule has 0 spiro atoms. The van der Waals surface area contributed by atoms with Gasteiger partial charge in [-0.25, -0.2) is 4.39 Å². The second kappa shape index (κ2) is 11.0. The number of hydrogen-bond donors (Lipinski definition) is 1. The molecule has 0 aliphatic carbocycles. The van der Waals surface area contributed by atoms with Gasteiger partial charge in [-0.3, -0.25) is 0 Å². The Hall–Kier alpha value is -1.09. The third kappa shape index (κ3) is 6.60. The van der Waals surface area contributed by atoms with Crippen LogP contribution in [0.15, 0.2) is 24.3 Å². The number of benzene rings is 1. The van der Waals surface area contributed by atoms with E-state index in [1.54, 1.807) is 0 Å². The molecule has 1 aromatic carbocycles. The summed E-state index contributed by atoms with van der Waals surface area (Å²) >= 11 is 0. The number of halogens is 1. The lowest BCUT2D eigenvalue weighted by molar-refractivity contribution is 0.587. The lowest BCUT2D eigenvalue weighted by atomic mass is 10.2. The van der Waals surface area contributed by atoms with Crippen molar-refractivity contribution in [3.63, 3.8) is 0 Å². The van der Waals surface area contributed by atoms with Crippen LogP contribution in [0.1, 0.15) is 34.1 Å². The van der Waals surface area contributed by atoms with Gasteiger partial charge in [-0.05, 0) is 24.3 Å². The van der Waals surface area contributed by atoms with E-state index in [1.165, 1.54) is 18.6 Å². The van der Waals surface area contributed by atoms with E-state index in [2.05, 4.69) is 24.1 Å². The summed E-state index contributed by atoms with van der Waals surface area (Å²) in [6.07, 6.45) is 1.25. The highest BCUT2D eigenvalue weighted by Gasteiger charge is 2.09. The molecule has 0 aromatic heterocycles. The van der Waals surface area contributed by atoms with E-state index < -0.39 is 0 Å². The fourth-order valence-electron chi connectivity index (χ4n) is 1.57. The van der Waals surface area contributed by atoms with Crippen molar-refractivity contribution >= 4 is 5.69 Å². The molecule has 1 saturated heterocycles. The highest BCUT2D eigenvalue weighted by atomic mass is 19.1. The highest BCUT2D eigenvalue weighted by Crippen LogP contribution is 2.14. The fraction of sp³-hybridized carbons (Fsp3) is 0.600. The van der Waals surface area contributed by atoms with Gasteiger partial charge >= 0.3 is 0 Å². The standard InChI is InChI=1S/C10H13FN2.C3H8.C2H6/c11-9-1-3-10(4-2-9)13-7-5-12-6-8-13;1-3-2;1-2/h1-4,12H,5-8H2;3H2,1-2H3;1-2H3. The molecule has 1 aromatic rings. The predicted molar refractivity (Wildman–Crippen MR) is 78.8 cm³/mol. The number of nitrogens with one attached hydrogen (secondary N) is 1. The van der Waals surface area contributed by atoms with Gasteiger partial charge in [0.1, 0.15) is 5.82 Å². The van der Waals surface area contributed by atoms with E-state index in [0.717, 1.165) is 31.9 Å². The molecule has 0 unspecified atom stereocenters. The molecule has 1 fully saturated rings. The van der Waals surface area contributed by atoms with Gasteiger partial charge in [0.2, 0.25) is 0 Å². The van der Waals surface area contributed by atoms with E-state index in [1.807, 2.05) is 26.0 Å². The minimum absolute atomic E-state index is 0.168. The van der Waals surface area contributed by atoms with E-state index in [4.69, 9.17) is 0 Å². The first kappa shape index (κ1) is 16.9. The zero-order valence-electron chi connectivity index (χ0n) is 12.2. The summed E-state index contributed by atoms with van der Waals surface area (Å²) in [6, 6.07) is 6.69. The molecule has 1 aliphatic rings. The number of hydrogen-bond acceptors (Lipinski definition) is 2. The summed E-state index contributed by atoms with van der Waals surface area (Å²) < 4.78 is 12.6. The first-order valence-electron chi connectivity index (χ1n) is 6.99. The maximum atomic E-state index is 12.6. The largest absolute Gasteiger partial charge is 0.369 e. The van der Waals surface area contributed by atoms with Crippen molar-refractivity contribution in [3.05, 3.63) is 30.1 Å². The van der Waals surface area contributed by atoms with E-state index >= 15 is 0 Å². The first-order chi connectivity index (χ1) is 8.77. The molecule has 2 nitrogen and oxygen atoms in total. The number of nitrogens with zero attached hydrogens (tertiary/aromatic N) is 1. The molecule has 0 amide bonds. The summed E-state index contributed by atoms with van der Waals surface area (Å²) in [5.74, 6) is -0.168. The van der Waals surface area contributed by atoms with E-state index in [-0.39, 0.29) is 5.82 Å². The Bertz CT molecular complexity index is 279. The van der Waals surface area contributed by atoms with Crippen LogP contribution in [-0.2, 0) is 0 Å². The van der Waals surface area contributed by atoms with Crippen LogP contribution in [-0.4, -0.2) is 26.2 Å². The zero-order valence-corrected chi connectivity index (χ0v) is 12.2. The molecule has 1 aliphatic heterocycles. The van der Waals surface area contributed by atoms with Crippen molar-refractivity contribution in [1.29, 1.82) is 0 Å². The van der Waals surface area contributed by atoms with Crippen LogP contribution in [0.25, 0.3) is 0 Å². The molecular formula is C15H27FN2. The third-order valence-electron chi connectivity index (χ3n) is 2.31. The Kier molecular flexibility index (Phi) is 10.4. The van der Waals surface area contributed by atoms with Gasteiger partial charge in [0.15, 0.2) is 0 Å². The van der Waals surface area contributed by atoms with Crippen molar-refractivity contribution in [3.8, 4) is 0 Å². The monoisotopic (exact) mass is 254 g/mol. The van der Waals surface area contributed by atoms with Crippen LogP contribution in [0.4, 0.5) is 10.1 Å². The highest BCUT2D eigenvalue weighted by molar-refractivity contribution is 5.46. The van der Waals surface area contributed by atoms with Crippen LogP contribution < -0.4 is 10.2 Å². The average Bonchev–Trinajstić information content (AvgIpc) is 2.44. The van der Waals surface area contributed by atoms with Crippen molar-refractivity contribution in [2.45, 2.75) is 34.1 Å². The molecule has 3 heteroatoms. The lowest BCUT2D eigenvalue weighted by Crippen LogP contribution is -2.43. The predicted octanol–water partition coefficient (Wildman–Crippen LogP) is 3.68. The molecule has 1 heterocycles. The Morgan fingerprint density at radius 2 is 1.50 bits per heavy atom. The Balaban J connectivity index is 0.000000509. The second-order valence-electron chi connectivity index (χ2n) is 3.92. The summed E-state index contributed by atoms with van der Waals surface area (Å²) in [6.45, 7) is 12.3. The van der Waals surface area contributed by atoms with Crippen molar-refractivity contribution < 1.29 is 4.39 Å². The average molecular weight is 254 g/mol. The molecular weight excluding hydrogens is 227 g/mol. The van der Waals surface area contributed by atoms with Crippen LogP contribution in [0.2, 0.25) is 0 Å². The molecule has 0 saturated carbocycles. The molecule has 0 atom stereocenters. The molecule has 1 N–H and O–H groups in total. The van der Waals surface area contributed by atoms with Crippen molar-refractivity contribution in [2.75, 3.05) is 31.1 Å². The minimum Gasteiger partial charge on any atom is -0.369 e.